The Morgan fingerprint density at radius 1 is 1.67 bits per heavy atom. The first-order chi connectivity index (χ1) is 5.75. The van der Waals surface area contributed by atoms with E-state index in [1.807, 2.05) is 5.32 Å². The van der Waals surface area contributed by atoms with Crippen molar-refractivity contribution in [2.45, 2.75) is 0 Å². The average Bonchev–Trinajstić information content (AvgIpc) is 2.05. The smallest absolute Gasteiger partial charge is 0.358 e. The number of nitrogens with zero attached hydrogens (tertiary/aromatic N) is 3. The topological polar surface area (TPSA) is 121 Å². The highest BCUT2D eigenvalue weighted by molar-refractivity contribution is 5.49. The lowest BCUT2D eigenvalue weighted by Crippen LogP contribution is -2.37. The quantitative estimate of drug-likeness (QED) is 0.275. The Balaban J connectivity index is 2.91. The summed E-state index contributed by atoms with van der Waals surface area (Å²) in [5.74, 6) is -0.703. The first-order valence-corrected chi connectivity index (χ1v) is 2.76. The third-order valence-electron chi connectivity index (χ3n) is 0.975. The van der Waals surface area contributed by atoms with Crippen LogP contribution >= 0.6 is 0 Å². The van der Waals surface area contributed by atoms with E-state index >= 15 is 0 Å². The number of hydrogen-bond donors (Lipinski definition) is 3. The number of hydrazine groups is 1. The van der Waals surface area contributed by atoms with Gasteiger partial charge in [0.15, 0.2) is 0 Å². The minimum atomic E-state index is -0.775. The number of amides is 1. The summed E-state index contributed by atoms with van der Waals surface area (Å²) in [4.78, 5) is 19.4. The summed E-state index contributed by atoms with van der Waals surface area (Å²) in [6.45, 7) is 0. The van der Waals surface area contributed by atoms with Gasteiger partial charge in [0.2, 0.25) is 12.2 Å². The Kier molecular flexibility index (Phi) is 2.16. The first kappa shape index (κ1) is 7.91. The number of rotatable bonds is 3. The minimum absolute atomic E-state index is 0.148. The molecule has 0 unspecified atom stereocenters. The Morgan fingerprint density at radius 2 is 2.42 bits per heavy atom. The van der Waals surface area contributed by atoms with E-state index in [-0.39, 0.29) is 12.2 Å². The van der Waals surface area contributed by atoms with Gasteiger partial charge in [0.1, 0.15) is 5.11 Å². The van der Waals surface area contributed by atoms with Crippen molar-refractivity contribution in [3.05, 3.63) is 21.8 Å². The van der Waals surface area contributed by atoms with Gasteiger partial charge in [0.25, 0.3) is 0 Å². The first-order valence-electron chi connectivity index (χ1n) is 2.76. The molecule has 1 aliphatic rings. The van der Waals surface area contributed by atoms with Crippen LogP contribution in [-0.4, -0.2) is 11.3 Å². The van der Waals surface area contributed by atoms with Crippen LogP contribution in [0, 0.1) is 10.1 Å². The van der Waals surface area contributed by atoms with E-state index in [2.05, 4.69) is 21.3 Å². The van der Waals surface area contributed by atoms with E-state index in [4.69, 9.17) is 0 Å². The van der Waals surface area contributed by atoms with Gasteiger partial charge in [0.05, 0.1) is 5.22 Å². The van der Waals surface area contributed by atoms with Crippen LogP contribution in [0.1, 0.15) is 0 Å². The maximum Gasteiger partial charge on any atom is 0.434 e. The summed E-state index contributed by atoms with van der Waals surface area (Å²) in [7, 11) is 0. The van der Waals surface area contributed by atoms with Crippen LogP contribution in [0.15, 0.2) is 22.0 Å². The van der Waals surface area contributed by atoms with Crippen LogP contribution in [0.5, 0.6) is 0 Å². The number of carbonyl (C=O) groups is 1. The lowest BCUT2D eigenvalue weighted by Gasteiger charge is -2.08. The fourth-order valence-corrected chi connectivity index (χ4v) is 0.547. The molecule has 0 aliphatic carbocycles. The third-order valence-corrected chi connectivity index (χ3v) is 0.975. The molecule has 1 amide bonds. The highest BCUT2D eigenvalue weighted by Gasteiger charge is 2.21. The zero-order chi connectivity index (χ0) is 8.97. The summed E-state index contributed by atoms with van der Waals surface area (Å²) >= 11 is 0. The van der Waals surface area contributed by atoms with Crippen molar-refractivity contribution >= 4 is 6.41 Å². The molecule has 0 aromatic heterocycles. The molecular formula is C3H4N6O3. The van der Waals surface area contributed by atoms with E-state index in [0.717, 1.165) is 0 Å². The fourth-order valence-electron chi connectivity index (χ4n) is 0.547. The van der Waals surface area contributed by atoms with Crippen molar-refractivity contribution in [2.75, 3.05) is 0 Å². The van der Waals surface area contributed by atoms with Crippen LogP contribution in [0.25, 0.3) is 0 Å². The molecule has 0 atom stereocenters. The second-order valence-electron chi connectivity index (χ2n) is 1.65. The van der Waals surface area contributed by atoms with Gasteiger partial charge in [-0.15, -0.1) is 0 Å². The Morgan fingerprint density at radius 3 is 3.00 bits per heavy atom. The molecule has 3 N–H and O–H groups in total. The van der Waals surface area contributed by atoms with E-state index in [9.17, 15) is 14.9 Å². The molecule has 0 saturated heterocycles. The van der Waals surface area contributed by atoms with Crippen LogP contribution < -0.4 is 16.3 Å². The second-order valence-corrected chi connectivity index (χ2v) is 1.65. The number of nitrogens with one attached hydrogen (secondary N) is 3. The van der Waals surface area contributed by atoms with Crippen molar-refractivity contribution in [1.82, 2.24) is 16.3 Å². The van der Waals surface area contributed by atoms with Crippen LogP contribution in [-0.2, 0) is 4.79 Å². The molecule has 0 radical (unpaired) electrons. The van der Waals surface area contributed by atoms with Gasteiger partial charge in [-0.1, -0.05) is 0 Å². The van der Waals surface area contributed by atoms with Crippen LogP contribution in [0.4, 0.5) is 0 Å². The summed E-state index contributed by atoms with van der Waals surface area (Å²) < 4.78 is 0. The normalized spacial score (nSPS) is 14.7. The number of hydrogen-bond acceptors (Lipinski definition) is 7. The maximum atomic E-state index is 10.2. The van der Waals surface area contributed by atoms with Gasteiger partial charge in [-0.05, 0) is 4.92 Å². The minimum Gasteiger partial charge on any atom is -0.358 e. The van der Waals surface area contributed by atoms with E-state index in [1.165, 1.54) is 0 Å². The lowest BCUT2D eigenvalue weighted by atomic mass is 10.6. The molecule has 0 saturated carbocycles. The van der Waals surface area contributed by atoms with Crippen molar-refractivity contribution < 1.29 is 9.72 Å². The molecule has 0 aromatic carbocycles. The lowest BCUT2D eigenvalue weighted by molar-refractivity contribution is -0.429. The molecule has 9 nitrogen and oxygen atoms in total. The maximum absolute atomic E-state index is 10.2. The molecule has 12 heavy (non-hydrogen) atoms. The molecule has 9 heteroatoms. The van der Waals surface area contributed by atoms with E-state index in [0.29, 0.717) is 0 Å². The van der Waals surface area contributed by atoms with Crippen molar-refractivity contribution in [2.24, 2.45) is 10.3 Å². The Labute approximate surface area is 65.6 Å². The largest absolute Gasteiger partial charge is 0.434 e. The Bertz CT molecular complexity index is 269. The molecule has 0 bridgehead atoms. The molecule has 0 aromatic rings. The van der Waals surface area contributed by atoms with Crippen molar-refractivity contribution in [1.29, 1.82) is 0 Å². The average molecular weight is 172 g/mol. The monoisotopic (exact) mass is 172 g/mol. The predicted molar refractivity (Wildman–Crippen MR) is 34.3 cm³/mol. The van der Waals surface area contributed by atoms with Gasteiger partial charge in [-0.25, -0.2) is 0 Å². The van der Waals surface area contributed by atoms with Gasteiger partial charge in [0, 0.05) is 0 Å². The van der Waals surface area contributed by atoms with Gasteiger partial charge in [-0.2, -0.15) is 5.53 Å². The summed E-state index contributed by atoms with van der Waals surface area (Å²) in [5.41, 5.74) is 4.37. The summed E-state index contributed by atoms with van der Waals surface area (Å²) in [5, 5.41) is 18.5. The molecule has 1 aliphatic heterocycles. The highest BCUT2D eigenvalue weighted by atomic mass is 16.6. The van der Waals surface area contributed by atoms with Crippen molar-refractivity contribution in [3.8, 4) is 0 Å². The van der Waals surface area contributed by atoms with Crippen LogP contribution in [0.2, 0.25) is 0 Å². The van der Waals surface area contributed by atoms with Gasteiger partial charge < -0.3 is 15.4 Å². The molecule has 1 rings (SSSR count). The summed E-state index contributed by atoms with van der Waals surface area (Å²) in [6, 6.07) is 0. The number of nitro groups is 1. The SMILES string of the molecule is O=CNC1=C([N+](=O)[O-])N=NNN1. The summed E-state index contributed by atoms with van der Waals surface area (Å²) in [6.07, 6.45) is 0.286. The Hall–Kier alpha value is -2.19. The van der Waals surface area contributed by atoms with E-state index in [1.54, 1.807) is 0 Å². The molecular weight excluding hydrogens is 168 g/mol. The van der Waals surface area contributed by atoms with Crippen LogP contribution in [0.3, 0.4) is 0 Å². The zero-order valence-electron chi connectivity index (χ0n) is 5.64. The standard InChI is InChI=1S/C3H4N6O3/c10-1-4-2-3(9(11)12)6-8-7-5-2/h1H,(H,6,7)(H2,4,5,8,10). The van der Waals surface area contributed by atoms with Crippen molar-refractivity contribution in [3.63, 3.8) is 0 Å². The van der Waals surface area contributed by atoms with E-state index < -0.39 is 10.7 Å². The third kappa shape index (κ3) is 1.45. The number of carbonyl (C=O) groups excluding carboxylic acids is 1. The second kappa shape index (κ2) is 3.27. The fraction of sp³-hybridized carbons (Fsp3) is 0. The molecule has 64 valence electrons. The zero-order valence-corrected chi connectivity index (χ0v) is 5.64. The predicted octanol–water partition coefficient (Wildman–Crippen LogP) is -1.39. The molecule has 0 fully saturated rings. The van der Waals surface area contributed by atoms with Gasteiger partial charge >= 0.3 is 5.82 Å². The molecule has 0 spiro atoms. The van der Waals surface area contributed by atoms with Gasteiger partial charge in [-0.3, -0.25) is 10.2 Å². The highest BCUT2D eigenvalue weighted by Crippen LogP contribution is 2.03. The molecule has 1 heterocycles.